The summed E-state index contributed by atoms with van der Waals surface area (Å²) in [5, 5.41) is 8.94. The Morgan fingerprint density at radius 3 is 2.70 bits per heavy atom. The molecule has 0 fully saturated rings. The van der Waals surface area contributed by atoms with Crippen LogP contribution in [0.3, 0.4) is 0 Å². The number of nitrogens with one attached hydrogen (secondary N) is 2. The number of anilines is 1. The maximum atomic E-state index is 13.2. The van der Waals surface area contributed by atoms with Crippen molar-refractivity contribution < 1.29 is 9.59 Å². The number of halogens is 1. The van der Waals surface area contributed by atoms with Crippen molar-refractivity contribution in [2.24, 2.45) is 0 Å². The van der Waals surface area contributed by atoms with Gasteiger partial charge in [0, 0.05) is 36.8 Å². The highest BCUT2D eigenvalue weighted by atomic mass is 79.9. The Balaban J connectivity index is 1.60. The minimum atomic E-state index is -0.309. The zero-order chi connectivity index (χ0) is 20.8. The molecule has 0 saturated heterocycles. The number of fused-ring (bicyclic) bond motifs is 2. The molecule has 30 heavy (non-hydrogen) atoms. The van der Waals surface area contributed by atoms with Crippen LogP contribution in [0.2, 0.25) is 0 Å². The average molecular weight is 477 g/mol. The van der Waals surface area contributed by atoms with Gasteiger partial charge in [0.05, 0.1) is 11.6 Å². The summed E-state index contributed by atoms with van der Waals surface area (Å²) in [4.78, 5) is 25.9. The fraction of sp³-hybridized carbons (Fsp3) is 0.0833. The minimum absolute atomic E-state index is 0.143. The highest BCUT2D eigenvalue weighted by molar-refractivity contribution is 9.10. The van der Waals surface area contributed by atoms with Crippen molar-refractivity contribution in [1.29, 1.82) is 0 Å². The number of hydrogen-bond donors (Lipinski definition) is 2. The molecule has 4 nitrogen and oxygen atoms in total. The second-order valence-corrected chi connectivity index (χ2v) is 9.10. The zero-order valence-corrected chi connectivity index (χ0v) is 18.4. The van der Waals surface area contributed by atoms with Gasteiger partial charge in [-0.1, -0.05) is 58.4 Å². The van der Waals surface area contributed by atoms with Crippen LogP contribution in [0.4, 0.5) is 5.69 Å². The second kappa shape index (κ2) is 7.38. The van der Waals surface area contributed by atoms with Gasteiger partial charge in [0.25, 0.3) is 11.8 Å². The third kappa shape index (κ3) is 3.13. The van der Waals surface area contributed by atoms with E-state index in [0.29, 0.717) is 16.8 Å². The van der Waals surface area contributed by atoms with Crippen molar-refractivity contribution in [1.82, 2.24) is 5.32 Å². The number of rotatable bonds is 3. The van der Waals surface area contributed by atoms with Gasteiger partial charge >= 0.3 is 0 Å². The fourth-order valence-corrected chi connectivity index (χ4v) is 5.39. The van der Waals surface area contributed by atoms with Gasteiger partial charge in [-0.3, -0.25) is 9.59 Å². The van der Waals surface area contributed by atoms with Crippen LogP contribution in [0.15, 0.2) is 70.5 Å². The zero-order valence-electron chi connectivity index (χ0n) is 16.0. The Hall–Kier alpha value is -2.96. The summed E-state index contributed by atoms with van der Waals surface area (Å²) in [7, 11) is 0. The number of carbonyl (C=O) groups excluding carboxylic acids is 2. The topological polar surface area (TPSA) is 58.2 Å². The van der Waals surface area contributed by atoms with E-state index in [2.05, 4.69) is 26.6 Å². The first kappa shape index (κ1) is 19.0. The van der Waals surface area contributed by atoms with E-state index in [1.807, 2.05) is 66.9 Å². The van der Waals surface area contributed by atoms with E-state index in [1.165, 1.54) is 0 Å². The highest BCUT2D eigenvalue weighted by Gasteiger charge is 2.34. The predicted molar refractivity (Wildman–Crippen MR) is 124 cm³/mol. The van der Waals surface area contributed by atoms with Crippen LogP contribution in [0.1, 0.15) is 43.4 Å². The monoisotopic (exact) mass is 476 g/mol. The first-order valence-electron chi connectivity index (χ1n) is 9.50. The maximum absolute atomic E-state index is 13.2. The molecule has 2 amide bonds. The second-order valence-electron chi connectivity index (χ2n) is 7.28. The molecule has 3 aromatic carbocycles. The molecule has 6 heteroatoms. The van der Waals surface area contributed by atoms with E-state index < -0.39 is 0 Å². The van der Waals surface area contributed by atoms with E-state index >= 15 is 0 Å². The first-order chi connectivity index (χ1) is 14.5. The molecule has 1 unspecified atom stereocenters. The van der Waals surface area contributed by atoms with Gasteiger partial charge in [-0.15, -0.1) is 11.3 Å². The number of carbonyl (C=O) groups is 2. The van der Waals surface area contributed by atoms with Crippen molar-refractivity contribution in [3.63, 3.8) is 0 Å². The van der Waals surface area contributed by atoms with E-state index in [1.54, 1.807) is 17.4 Å². The molecule has 0 spiro atoms. The molecule has 2 N–H and O–H groups in total. The molecule has 2 heterocycles. The Morgan fingerprint density at radius 1 is 1.10 bits per heavy atom. The lowest BCUT2D eigenvalue weighted by Gasteiger charge is -2.18. The van der Waals surface area contributed by atoms with Gasteiger partial charge < -0.3 is 10.6 Å². The van der Waals surface area contributed by atoms with E-state index in [0.717, 1.165) is 31.2 Å². The third-order valence-electron chi connectivity index (χ3n) is 5.43. The lowest BCUT2D eigenvalue weighted by molar-refractivity contribution is 0.0959. The Bertz CT molecular complexity index is 1330. The molecule has 148 valence electrons. The van der Waals surface area contributed by atoms with Crippen molar-refractivity contribution in [3.8, 4) is 0 Å². The lowest BCUT2D eigenvalue weighted by Crippen LogP contribution is -2.21. The summed E-state index contributed by atoms with van der Waals surface area (Å²) in [6.45, 7) is 2.02. The van der Waals surface area contributed by atoms with Crippen LogP contribution in [0, 0.1) is 6.92 Å². The van der Waals surface area contributed by atoms with Crippen LogP contribution < -0.4 is 10.6 Å². The molecular formula is C24H17BrN2O2S. The molecule has 0 radical (unpaired) electrons. The molecule has 1 atom stereocenters. The largest absolute Gasteiger partial charge is 0.341 e. The van der Waals surface area contributed by atoms with Crippen LogP contribution in [0.5, 0.6) is 0 Å². The van der Waals surface area contributed by atoms with Crippen LogP contribution in [-0.4, -0.2) is 11.8 Å². The molecule has 1 aliphatic heterocycles. The summed E-state index contributed by atoms with van der Waals surface area (Å²) in [6, 6.07) is 19.2. The Morgan fingerprint density at radius 2 is 1.87 bits per heavy atom. The summed E-state index contributed by atoms with van der Waals surface area (Å²) >= 11 is 5.03. The van der Waals surface area contributed by atoms with Gasteiger partial charge in [0.15, 0.2) is 0 Å². The van der Waals surface area contributed by atoms with Crippen molar-refractivity contribution in [2.45, 2.75) is 13.0 Å². The molecule has 4 aromatic rings. The minimum Gasteiger partial charge on any atom is -0.341 e. The molecule has 0 saturated carbocycles. The van der Waals surface area contributed by atoms with E-state index in [4.69, 9.17) is 0 Å². The third-order valence-corrected chi connectivity index (χ3v) is 6.85. The quantitative estimate of drug-likeness (QED) is 0.377. The molecule has 5 rings (SSSR count). The maximum Gasteiger partial charge on any atom is 0.257 e. The summed E-state index contributed by atoms with van der Waals surface area (Å²) in [5.41, 5.74) is 4.73. The Labute approximate surface area is 186 Å². The molecule has 1 aliphatic rings. The van der Waals surface area contributed by atoms with Gasteiger partial charge in [-0.2, -0.15) is 0 Å². The first-order valence-corrected chi connectivity index (χ1v) is 11.2. The summed E-state index contributed by atoms with van der Waals surface area (Å²) in [6.07, 6.45) is 0. The molecule has 0 aliphatic carbocycles. The highest BCUT2D eigenvalue weighted by Crippen LogP contribution is 2.40. The smallest absolute Gasteiger partial charge is 0.257 e. The normalized spacial score (nSPS) is 15.1. The molecule has 1 aromatic heterocycles. The predicted octanol–water partition coefficient (Wildman–Crippen LogP) is 6.06. The van der Waals surface area contributed by atoms with Gasteiger partial charge in [0.2, 0.25) is 0 Å². The number of hydrogen-bond acceptors (Lipinski definition) is 3. The van der Waals surface area contributed by atoms with Crippen LogP contribution in [0.25, 0.3) is 10.1 Å². The summed E-state index contributed by atoms with van der Waals surface area (Å²) in [5.74, 6) is -0.327. The standard InChI is InChI=1S/C24H17BrN2O2S/c1-13-6-2-3-7-15(13)22-21-17(23(28)27-22)10-14(25)11-19(21)26-24(29)18-12-30-20-9-5-4-8-16(18)20/h2-12,22H,1H3,(H,26,29)(H,27,28). The van der Waals surface area contributed by atoms with Gasteiger partial charge in [-0.05, 0) is 36.2 Å². The van der Waals surface area contributed by atoms with Crippen LogP contribution in [-0.2, 0) is 0 Å². The van der Waals surface area contributed by atoms with E-state index in [9.17, 15) is 9.59 Å². The number of aryl methyl sites for hydroxylation is 1. The number of benzene rings is 3. The Kier molecular flexibility index (Phi) is 4.68. The fourth-order valence-electron chi connectivity index (χ4n) is 3.99. The van der Waals surface area contributed by atoms with Crippen molar-refractivity contribution in [3.05, 3.63) is 98.3 Å². The van der Waals surface area contributed by atoms with Gasteiger partial charge in [0.1, 0.15) is 0 Å². The summed E-state index contributed by atoms with van der Waals surface area (Å²) < 4.78 is 1.81. The van der Waals surface area contributed by atoms with E-state index in [-0.39, 0.29) is 17.9 Å². The number of thiophene rings is 1. The van der Waals surface area contributed by atoms with Crippen LogP contribution >= 0.6 is 27.3 Å². The van der Waals surface area contributed by atoms with Crippen molar-refractivity contribution in [2.75, 3.05) is 5.32 Å². The van der Waals surface area contributed by atoms with Gasteiger partial charge in [-0.25, -0.2) is 0 Å². The SMILES string of the molecule is Cc1ccccc1C1NC(=O)c2cc(Br)cc(NC(=O)c3csc4ccccc34)c21. The molecular weight excluding hydrogens is 460 g/mol. The number of amides is 2. The average Bonchev–Trinajstić information content (AvgIpc) is 3.30. The lowest BCUT2D eigenvalue weighted by atomic mass is 9.93. The molecule has 0 bridgehead atoms. The van der Waals surface area contributed by atoms with Crippen molar-refractivity contribution >= 4 is 54.9 Å².